The van der Waals surface area contributed by atoms with Gasteiger partial charge in [0, 0.05) is 18.9 Å². The van der Waals surface area contributed by atoms with Crippen molar-refractivity contribution < 1.29 is 9.18 Å². The lowest BCUT2D eigenvalue weighted by Crippen LogP contribution is -2.22. The second-order valence-corrected chi connectivity index (χ2v) is 4.01. The van der Waals surface area contributed by atoms with Crippen LogP contribution in [0.5, 0.6) is 0 Å². The van der Waals surface area contributed by atoms with Crippen molar-refractivity contribution in [1.82, 2.24) is 10.3 Å². The molecule has 2 rings (SSSR count). The van der Waals surface area contributed by atoms with Gasteiger partial charge in [-0.05, 0) is 36.2 Å². The molecule has 1 heterocycles. The van der Waals surface area contributed by atoms with Crippen LogP contribution in [0.25, 0.3) is 0 Å². The largest absolute Gasteiger partial charge is 0.348 e. The molecule has 4 heteroatoms. The molecule has 0 bridgehead atoms. The van der Waals surface area contributed by atoms with E-state index in [9.17, 15) is 9.18 Å². The van der Waals surface area contributed by atoms with Gasteiger partial charge in [0.25, 0.3) is 5.91 Å². The molecule has 1 aromatic heterocycles. The van der Waals surface area contributed by atoms with Gasteiger partial charge in [0.2, 0.25) is 0 Å². The van der Waals surface area contributed by atoms with Crippen LogP contribution in [0.15, 0.2) is 42.7 Å². The Morgan fingerprint density at radius 2 is 2.22 bits per heavy atom. The first-order valence-electron chi connectivity index (χ1n) is 5.60. The van der Waals surface area contributed by atoms with E-state index >= 15 is 0 Å². The Kier molecular flexibility index (Phi) is 3.67. The maximum Gasteiger partial charge on any atom is 0.253 e. The molecule has 1 aromatic carbocycles. The van der Waals surface area contributed by atoms with E-state index in [1.165, 1.54) is 12.3 Å². The Bertz CT molecular complexity index is 555. The van der Waals surface area contributed by atoms with E-state index in [-0.39, 0.29) is 11.7 Å². The molecule has 0 aliphatic carbocycles. The number of pyridine rings is 1. The second kappa shape index (κ2) is 5.40. The smallest absolute Gasteiger partial charge is 0.253 e. The van der Waals surface area contributed by atoms with Gasteiger partial charge in [0.15, 0.2) is 0 Å². The van der Waals surface area contributed by atoms with Crippen molar-refractivity contribution in [2.45, 2.75) is 13.5 Å². The monoisotopic (exact) mass is 244 g/mol. The van der Waals surface area contributed by atoms with Crippen LogP contribution < -0.4 is 5.32 Å². The Morgan fingerprint density at radius 1 is 1.39 bits per heavy atom. The molecule has 18 heavy (non-hydrogen) atoms. The summed E-state index contributed by atoms with van der Waals surface area (Å²) in [4.78, 5) is 15.6. The van der Waals surface area contributed by atoms with Crippen LogP contribution in [0.2, 0.25) is 0 Å². The first-order valence-corrected chi connectivity index (χ1v) is 5.60. The number of carbonyl (C=O) groups excluding carboxylic acids is 1. The predicted octanol–water partition coefficient (Wildman–Crippen LogP) is 2.46. The summed E-state index contributed by atoms with van der Waals surface area (Å²) >= 11 is 0. The summed E-state index contributed by atoms with van der Waals surface area (Å²) in [6, 6.07) is 8.18. The molecule has 0 saturated heterocycles. The third-order valence-electron chi connectivity index (χ3n) is 2.60. The number of halogens is 1. The van der Waals surface area contributed by atoms with E-state index in [2.05, 4.69) is 10.3 Å². The van der Waals surface area contributed by atoms with E-state index in [1.807, 2.05) is 0 Å². The highest BCUT2D eigenvalue weighted by atomic mass is 19.1. The van der Waals surface area contributed by atoms with Gasteiger partial charge in [-0.3, -0.25) is 9.78 Å². The van der Waals surface area contributed by atoms with Gasteiger partial charge in [-0.2, -0.15) is 0 Å². The number of nitrogens with zero attached hydrogens (tertiary/aromatic N) is 1. The van der Waals surface area contributed by atoms with Crippen LogP contribution in [0.4, 0.5) is 4.39 Å². The highest BCUT2D eigenvalue weighted by Gasteiger charge is 2.05. The first kappa shape index (κ1) is 12.2. The molecule has 1 N–H and O–H groups in total. The maximum atomic E-state index is 13.1. The van der Waals surface area contributed by atoms with E-state index in [1.54, 1.807) is 37.4 Å². The molecule has 1 amide bonds. The molecule has 92 valence electrons. The van der Waals surface area contributed by atoms with Crippen molar-refractivity contribution in [3.05, 3.63) is 65.2 Å². The molecule has 0 unspecified atom stereocenters. The lowest BCUT2D eigenvalue weighted by molar-refractivity contribution is 0.0950. The maximum absolute atomic E-state index is 13.1. The Hall–Kier alpha value is -2.23. The van der Waals surface area contributed by atoms with Crippen LogP contribution in [0.3, 0.4) is 0 Å². The van der Waals surface area contributed by atoms with E-state index in [0.29, 0.717) is 17.7 Å². The number of hydrogen-bond donors (Lipinski definition) is 1. The Labute approximate surface area is 105 Å². The average Bonchev–Trinajstić information content (AvgIpc) is 2.41. The summed E-state index contributed by atoms with van der Waals surface area (Å²) in [5.41, 5.74) is 1.95. The highest BCUT2D eigenvalue weighted by Crippen LogP contribution is 2.09. The molecule has 0 saturated carbocycles. The lowest BCUT2D eigenvalue weighted by Gasteiger charge is -2.06. The van der Waals surface area contributed by atoms with E-state index in [0.717, 1.165) is 5.56 Å². The zero-order valence-corrected chi connectivity index (χ0v) is 9.98. The topological polar surface area (TPSA) is 42.0 Å². The average molecular weight is 244 g/mol. The summed E-state index contributed by atoms with van der Waals surface area (Å²) in [7, 11) is 0. The number of benzene rings is 1. The van der Waals surface area contributed by atoms with Crippen molar-refractivity contribution in [3.8, 4) is 0 Å². The molecular weight excluding hydrogens is 231 g/mol. The van der Waals surface area contributed by atoms with Gasteiger partial charge in [-0.15, -0.1) is 0 Å². The minimum atomic E-state index is -0.239. The summed E-state index contributed by atoms with van der Waals surface area (Å²) in [5, 5.41) is 2.76. The second-order valence-electron chi connectivity index (χ2n) is 4.01. The Balaban J connectivity index is 1.99. The number of hydrogen-bond acceptors (Lipinski definition) is 2. The molecule has 2 aromatic rings. The third kappa shape index (κ3) is 2.91. The molecular formula is C14H13FN2O. The van der Waals surface area contributed by atoms with Gasteiger partial charge in [-0.1, -0.05) is 12.1 Å². The lowest BCUT2D eigenvalue weighted by atomic mass is 10.1. The number of nitrogens with one attached hydrogen (secondary N) is 1. The van der Waals surface area contributed by atoms with E-state index < -0.39 is 0 Å². The fourth-order valence-corrected chi connectivity index (χ4v) is 1.60. The fourth-order valence-electron chi connectivity index (χ4n) is 1.60. The normalized spacial score (nSPS) is 10.1. The third-order valence-corrected chi connectivity index (χ3v) is 2.60. The number of amides is 1. The summed E-state index contributed by atoms with van der Waals surface area (Å²) < 4.78 is 13.1. The molecule has 0 atom stereocenters. The van der Waals surface area contributed by atoms with Crippen molar-refractivity contribution in [3.63, 3.8) is 0 Å². The van der Waals surface area contributed by atoms with Gasteiger partial charge in [0.1, 0.15) is 5.82 Å². The predicted molar refractivity (Wildman–Crippen MR) is 66.5 cm³/mol. The van der Waals surface area contributed by atoms with Crippen LogP contribution in [-0.4, -0.2) is 10.9 Å². The summed E-state index contributed by atoms with van der Waals surface area (Å²) in [6.07, 6.45) is 3.12. The molecule has 3 nitrogen and oxygen atoms in total. The minimum absolute atomic E-state index is 0.190. The molecule has 0 radical (unpaired) electrons. The molecule has 0 aliphatic heterocycles. The SMILES string of the molecule is Cc1cc(CNC(=O)c2cccnc2)ccc1F. The summed E-state index contributed by atoms with van der Waals surface area (Å²) in [5.74, 6) is -0.428. The zero-order chi connectivity index (χ0) is 13.0. The van der Waals surface area contributed by atoms with Crippen molar-refractivity contribution in [2.75, 3.05) is 0 Å². The van der Waals surface area contributed by atoms with Crippen LogP contribution in [-0.2, 0) is 6.54 Å². The van der Waals surface area contributed by atoms with Crippen LogP contribution in [0, 0.1) is 12.7 Å². The van der Waals surface area contributed by atoms with Crippen molar-refractivity contribution >= 4 is 5.91 Å². The molecule has 0 aliphatic rings. The standard InChI is InChI=1S/C14H13FN2O/c1-10-7-11(4-5-13(10)15)8-17-14(18)12-3-2-6-16-9-12/h2-7,9H,8H2,1H3,(H,17,18). The van der Waals surface area contributed by atoms with Gasteiger partial charge in [0.05, 0.1) is 5.56 Å². The van der Waals surface area contributed by atoms with Gasteiger partial charge in [-0.25, -0.2) is 4.39 Å². The first-order chi connectivity index (χ1) is 8.66. The number of rotatable bonds is 3. The zero-order valence-electron chi connectivity index (χ0n) is 9.98. The van der Waals surface area contributed by atoms with Gasteiger partial charge < -0.3 is 5.32 Å². The van der Waals surface area contributed by atoms with Crippen molar-refractivity contribution in [2.24, 2.45) is 0 Å². The van der Waals surface area contributed by atoms with Crippen LogP contribution >= 0.6 is 0 Å². The number of aromatic nitrogens is 1. The summed E-state index contributed by atoms with van der Waals surface area (Å²) in [6.45, 7) is 2.07. The van der Waals surface area contributed by atoms with Crippen LogP contribution in [0.1, 0.15) is 21.5 Å². The Morgan fingerprint density at radius 3 is 2.89 bits per heavy atom. The number of aryl methyl sites for hydroxylation is 1. The fraction of sp³-hybridized carbons (Fsp3) is 0.143. The molecule has 0 fully saturated rings. The highest BCUT2D eigenvalue weighted by molar-refractivity contribution is 5.93. The quantitative estimate of drug-likeness (QED) is 0.901. The minimum Gasteiger partial charge on any atom is -0.348 e. The number of carbonyl (C=O) groups is 1. The van der Waals surface area contributed by atoms with E-state index in [4.69, 9.17) is 0 Å². The van der Waals surface area contributed by atoms with Crippen molar-refractivity contribution in [1.29, 1.82) is 0 Å². The van der Waals surface area contributed by atoms with Gasteiger partial charge >= 0.3 is 0 Å². The molecule has 0 spiro atoms.